The van der Waals surface area contributed by atoms with Gasteiger partial charge in [-0.25, -0.2) is 4.98 Å². The fraction of sp³-hybridized carbons (Fsp3) is 0.471. The van der Waals surface area contributed by atoms with Gasteiger partial charge in [0.05, 0.1) is 29.3 Å². The van der Waals surface area contributed by atoms with E-state index in [9.17, 15) is 9.59 Å². The molecule has 6 nitrogen and oxygen atoms in total. The molecule has 0 unspecified atom stereocenters. The van der Waals surface area contributed by atoms with Gasteiger partial charge >= 0.3 is 5.97 Å². The Morgan fingerprint density at radius 2 is 2.32 bits per heavy atom. The van der Waals surface area contributed by atoms with Gasteiger partial charge in [-0.05, 0) is 38.0 Å². The number of fused-ring (bicyclic) bond motifs is 1. The van der Waals surface area contributed by atoms with Gasteiger partial charge < -0.3 is 14.6 Å². The highest BCUT2D eigenvalue weighted by molar-refractivity contribution is 7.99. The van der Waals surface area contributed by atoms with Crippen LogP contribution in [0.2, 0.25) is 5.02 Å². The van der Waals surface area contributed by atoms with Gasteiger partial charge in [-0.2, -0.15) is 0 Å². The summed E-state index contributed by atoms with van der Waals surface area (Å²) in [5.41, 5.74) is 1.67. The number of likely N-dealkylation sites (tertiary alicyclic amines) is 1. The van der Waals surface area contributed by atoms with E-state index < -0.39 is 0 Å². The van der Waals surface area contributed by atoms with E-state index in [4.69, 9.17) is 16.3 Å². The maximum atomic E-state index is 12.5. The van der Waals surface area contributed by atoms with Crippen molar-refractivity contribution in [3.63, 3.8) is 0 Å². The Labute approximate surface area is 155 Å². The van der Waals surface area contributed by atoms with E-state index in [0.717, 1.165) is 23.9 Å². The lowest BCUT2D eigenvalue weighted by Crippen LogP contribution is -2.43. The molecular formula is C17H20ClN3O3S. The van der Waals surface area contributed by atoms with Crippen molar-refractivity contribution < 1.29 is 14.3 Å². The Balaban J connectivity index is 1.56. The number of piperidine rings is 1. The van der Waals surface area contributed by atoms with Crippen LogP contribution in [0.1, 0.15) is 19.8 Å². The lowest BCUT2D eigenvalue weighted by Gasteiger charge is -2.31. The number of imidazole rings is 1. The smallest absolute Gasteiger partial charge is 0.310 e. The van der Waals surface area contributed by atoms with Crippen LogP contribution in [-0.2, 0) is 14.3 Å². The van der Waals surface area contributed by atoms with Crippen LogP contribution in [-0.4, -0.2) is 52.2 Å². The molecule has 1 fully saturated rings. The zero-order chi connectivity index (χ0) is 17.8. The van der Waals surface area contributed by atoms with Crippen LogP contribution in [0, 0.1) is 5.92 Å². The summed E-state index contributed by atoms with van der Waals surface area (Å²) in [7, 11) is 0. The third kappa shape index (κ3) is 4.46. The van der Waals surface area contributed by atoms with Gasteiger partial charge in [-0.1, -0.05) is 23.4 Å². The summed E-state index contributed by atoms with van der Waals surface area (Å²) in [6.07, 6.45) is 1.60. The molecule has 1 aromatic carbocycles. The van der Waals surface area contributed by atoms with Gasteiger partial charge in [-0.3, -0.25) is 9.59 Å². The Hall–Kier alpha value is -1.73. The number of esters is 1. The quantitative estimate of drug-likeness (QED) is 0.636. The van der Waals surface area contributed by atoms with E-state index in [0.29, 0.717) is 29.9 Å². The van der Waals surface area contributed by atoms with Crippen molar-refractivity contribution in [1.82, 2.24) is 14.9 Å². The molecule has 8 heteroatoms. The van der Waals surface area contributed by atoms with Crippen LogP contribution in [0.15, 0.2) is 23.4 Å². The van der Waals surface area contributed by atoms with Gasteiger partial charge in [-0.15, -0.1) is 0 Å². The number of carbonyl (C=O) groups excluding carboxylic acids is 2. The summed E-state index contributed by atoms with van der Waals surface area (Å²) in [6.45, 7) is 3.29. The van der Waals surface area contributed by atoms with Gasteiger partial charge in [0.2, 0.25) is 5.91 Å². The molecule has 2 heterocycles. The molecule has 1 aliphatic heterocycles. The van der Waals surface area contributed by atoms with Gasteiger partial charge in [0, 0.05) is 18.1 Å². The number of rotatable bonds is 5. The normalized spacial score (nSPS) is 17.7. The molecule has 1 aliphatic rings. The molecule has 1 amide bonds. The summed E-state index contributed by atoms with van der Waals surface area (Å²) in [4.78, 5) is 33.7. The van der Waals surface area contributed by atoms with Crippen molar-refractivity contribution in [3.05, 3.63) is 23.2 Å². The number of ether oxygens (including phenoxy) is 1. The highest BCUT2D eigenvalue weighted by Gasteiger charge is 2.29. The highest BCUT2D eigenvalue weighted by Crippen LogP contribution is 2.24. The van der Waals surface area contributed by atoms with Crippen LogP contribution in [0.5, 0.6) is 0 Å². The molecule has 1 N–H and O–H groups in total. The summed E-state index contributed by atoms with van der Waals surface area (Å²) in [6, 6.07) is 5.44. The number of nitrogens with zero attached hydrogens (tertiary/aromatic N) is 2. The van der Waals surface area contributed by atoms with Crippen LogP contribution in [0.3, 0.4) is 0 Å². The van der Waals surface area contributed by atoms with Gasteiger partial charge in [0.25, 0.3) is 0 Å². The fourth-order valence-corrected chi connectivity index (χ4v) is 3.86. The minimum Gasteiger partial charge on any atom is -0.466 e. The molecule has 3 rings (SSSR count). The van der Waals surface area contributed by atoms with Crippen molar-refractivity contribution in [2.45, 2.75) is 24.9 Å². The third-order valence-electron chi connectivity index (χ3n) is 4.15. The molecule has 1 atom stereocenters. The van der Waals surface area contributed by atoms with Crippen LogP contribution >= 0.6 is 23.4 Å². The molecule has 0 spiro atoms. The zero-order valence-corrected chi connectivity index (χ0v) is 15.5. The first-order valence-electron chi connectivity index (χ1n) is 8.29. The highest BCUT2D eigenvalue weighted by atomic mass is 35.5. The number of benzene rings is 1. The Bertz CT molecular complexity index is 780. The number of aromatic nitrogens is 2. The first-order chi connectivity index (χ1) is 12.1. The Kier molecular flexibility index (Phi) is 5.86. The second-order valence-electron chi connectivity index (χ2n) is 5.92. The molecule has 1 aromatic heterocycles. The monoisotopic (exact) mass is 381 g/mol. The minimum atomic E-state index is -0.212. The third-order valence-corrected chi connectivity index (χ3v) is 5.24. The van der Waals surface area contributed by atoms with Gasteiger partial charge in [0.1, 0.15) is 0 Å². The van der Waals surface area contributed by atoms with Crippen LogP contribution in [0.4, 0.5) is 0 Å². The van der Waals surface area contributed by atoms with E-state index in [-0.39, 0.29) is 23.5 Å². The summed E-state index contributed by atoms with van der Waals surface area (Å²) >= 11 is 7.32. The fourth-order valence-electron chi connectivity index (χ4n) is 2.90. The van der Waals surface area contributed by atoms with Crippen LogP contribution in [0.25, 0.3) is 11.0 Å². The maximum Gasteiger partial charge on any atom is 0.310 e. The lowest BCUT2D eigenvalue weighted by molar-refractivity contribution is -0.151. The molecule has 0 aliphatic carbocycles. The summed E-state index contributed by atoms with van der Waals surface area (Å²) in [5.74, 6) is -0.126. The number of thioether (sulfide) groups is 1. The van der Waals surface area contributed by atoms with Crippen molar-refractivity contribution in [3.8, 4) is 0 Å². The van der Waals surface area contributed by atoms with Crippen molar-refractivity contribution >= 4 is 46.3 Å². The molecule has 0 radical (unpaired) electrons. The predicted octanol–water partition coefficient (Wildman–Crippen LogP) is 3.11. The lowest BCUT2D eigenvalue weighted by atomic mass is 9.98. The second kappa shape index (κ2) is 8.10. The van der Waals surface area contributed by atoms with Crippen molar-refractivity contribution in [2.24, 2.45) is 5.92 Å². The predicted molar refractivity (Wildman–Crippen MR) is 97.8 cm³/mol. The Morgan fingerprint density at radius 1 is 1.48 bits per heavy atom. The molecule has 0 bridgehead atoms. The van der Waals surface area contributed by atoms with Crippen molar-refractivity contribution in [2.75, 3.05) is 25.4 Å². The van der Waals surface area contributed by atoms with E-state index in [2.05, 4.69) is 9.97 Å². The largest absolute Gasteiger partial charge is 0.466 e. The number of H-pyrrole nitrogens is 1. The Morgan fingerprint density at radius 3 is 3.12 bits per heavy atom. The zero-order valence-electron chi connectivity index (χ0n) is 14.0. The molecule has 1 saturated heterocycles. The average molecular weight is 382 g/mol. The number of amides is 1. The summed E-state index contributed by atoms with van der Waals surface area (Å²) in [5, 5.41) is 1.33. The van der Waals surface area contributed by atoms with E-state index in [1.807, 2.05) is 12.1 Å². The van der Waals surface area contributed by atoms with E-state index >= 15 is 0 Å². The first-order valence-corrected chi connectivity index (χ1v) is 9.65. The number of hydrogen-bond donors (Lipinski definition) is 1. The topological polar surface area (TPSA) is 75.3 Å². The first kappa shape index (κ1) is 18.1. The van der Waals surface area contributed by atoms with E-state index in [1.165, 1.54) is 11.8 Å². The number of aromatic amines is 1. The average Bonchev–Trinajstić information content (AvgIpc) is 3.02. The SMILES string of the molecule is CCOC(=O)[C@H]1CCCN(C(=O)CSc2nc3ccc(Cl)cc3[nH]2)C1. The van der Waals surface area contributed by atoms with E-state index in [1.54, 1.807) is 17.9 Å². The molecule has 134 valence electrons. The molecule has 0 saturated carbocycles. The minimum absolute atomic E-state index is 0.0116. The van der Waals surface area contributed by atoms with Crippen molar-refractivity contribution in [1.29, 1.82) is 0 Å². The van der Waals surface area contributed by atoms with Gasteiger partial charge in [0.15, 0.2) is 5.16 Å². The second-order valence-corrected chi connectivity index (χ2v) is 7.32. The number of halogens is 1. The van der Waals surface area contributed by atoms with Crippen LogP contribution < -0.4 is 0 Å². The molecule has 2 aromatic rings. The number of hydrogen-bond acceptors (Lipinski definition) is 5. The molecular weight excluding hydrogens is 362 g/mol. The molecule has 25 heavy (non-hydrogen) atoms. The number of carbonyl (C=O) groups is 2. The summed E-state index contributed by atoms with van der Waals surface area (Å²) < 4.78 is 5.07. The number of nitrogens with one attached hydrogen (secondary N) is 1. The maximum absolute atomic E-state index is 12.5. The standard InChI is InChI=1S/C17H20ClN3O3S/c1-2-24-16(23)11-4-3-7-21(9-11)15(22)10-25-17-19-13-6-5-12(18)8-14(13)20-17/h5-6,8,11H,2-4,7,9-10H2,1H3,(H,19,20)/t11-/m0/s1.